The van der Waals surface area contributed by atoms with Crippen molar-refractivity contribution in [1.29, 1.82) is 0 Å². The molecule has 0 radical (unpaired) electrons. The number of hydrogen-bond acceptors (Lipinski definition) is 4. The van der Waals surface area contributed by atoms with Crippen molar-refractivity contribution in [3.05, 3.63) is 33.4 Å². The van der Waals surface area contributed by atoms with Crippen LogP contribution >= 0.6 is 11.6 Å². The lowest BCUT2D eigenvalue weighted by atomic mass is 10.1. The summed E-state index contributed by atoms with van der Waals surface area (Å²) in [7, 11) is 0. The molecule has 5 nitrogen and oxygen atoms in total. The van der Waals surface area contributed by atoms with Crippen molar-refractivity contribution >= 4 is 17.3 Å². The number of non-ortho nitro benzene ring substituents is 1. The fourth-order valence-corrected chi connectivity index (χ4v) is 1.50. The molecule has 82 valence electrons. The predicted octanol–water partition coefficient (Wildman–Crippen LogP) is 1.54. The quantitative estimate of drug-likeness (QED) is 0.466. The van der Waals surface area contributed by atoms with Gasteiger partial charge in [-0.3, -0.25) is 10.1 Å². The molecule has 0 spiro atoms. The number of hydrogen-bond donors (Lipinski definition) is 2. The highest BCUT2D eigenvalue weighted by Crippen LogP contribution is 2.29. The topological polar surface area (TPSA) is 89.4 Å². The molecular weight excluding hydrogens is 220 g/mol. The molecule has 0 unspecified atom stereocenters. The molecule has 0 fully saturated rings. The first-order valence-electron chi connectivity index (χ1n) is 4.35. The second-order valence-electron chi connectivity index (χ2n) is 3.04. The first-order chi connectivity index (χ1) is 7.10. The van der Waals surface area contributed by atoms with Gasteiger partial charge in [0.2, 0.25) is 0 Å². The molecule has 1 aromatic rings. The summed E-state index contributed by atoms with van der Waals surface area (Å²) in [6.07, 6.45) is 0.386. The number of aromatic hydroxyl groups is 1. The summed E-state index contributed by atoms with van der Waals surface area (Å²) in [5.41, 5.74) is 6.07. The number of nitrogens with zero attached hydrogens (tertiary/aromatic N) is 1. The van der Waals surface area contributed by atoms with Crippen molar-refractivity contribution in [2.75, 3.05) is 6.54 Å². The molecular formula is C9H11ClN2O3. The van der Waals surface area contributed by atoms with Crippen molar-refractivity contribution < 1.29 is 10.0 Å². The Balaban J connectivity index is 3.25. The monoisotopic (exact) mass is 230 g/mol. The molecule has 0 aliphatic carbocycles. The molecule has 1 aromatic carbocycles. The van der Waals surface area contributed by atoms with Gasteiger partial charge in [0.05, 0.1) is 10.8 Å². The van der Waals surface area contributed by atoms with Crippen LogP contribution in [0.1, 0.15) is 11.1 Å². The Kier molecular flexibility index (Phi) is 3.88. The highest BCUT2D eigenvalue weighted by Gasteiger charge is 2.14. The number of phenols is 1. The van der Waals surface area contributed by atoms with Gasteiger partial charge in [-0.05, 0) is 13.0 Å². The zero-order valence-electron chi connectivity index (χ0n) is 7.94. The van der Waals surface area contributed by atoms with Crippen molar-refractivity contribution in [3.8, 4) is 5.75 Å². The molecule has 0 bridgehead atoms. The summed E-state index contributed by atoms with van der Waals surface area (Å²) in [5, 5.41) is 20.2. The van der Waals surface area contributed by atoms with Gasteiger partial charge in [-0.15, -0.1) is 11.6 Å². The fourth-order valence-electron chi connectivity index (χ4n) is 1.29. The zero-order chi connectivity index (χ0) is 11.4. The summed E-state index contributed by atoms with van der Waals surface area (Å²) >= 11 is 5.57. The van der Waals surface area contributed by atoms with Crippen LogP contribution in [0.2, 0.25) is 0 Å². The molecule has 15 heavy (non-hydrogen) atoms. The maximum absolute atomic E-state index is 10.6. The van der Waals surface area contributed by atoms with E-state index in [0.717, 1.165) is 0 Å². The second-order valence-corrected chi connectivity index (χ2v) is 3.31. The summed E-state index contributed by atoms with van der Waals surface area (Å²) in [6.45, 7) is 0.316. The molecule has 0 aliphatic rings. The minimum absolute atomic E-state index is 0.000972. The molecule has 0 atom stereocenters. The lowest BCUT2D eigenvalue weighted by molar-refractivity contribution is -0.385. The van der Waals surface area contributed by atoms with Gasteiger partial charge in [0.15, 0.2) is 0 Å². The maximum Gasteiger partial charge on any atom is 0.270 e. The molecule has 1 rings (SSSR count). The van der Waals surface area contributed by atoms with E-state index in [1.165, 1.54) is 12.1 Å². The second kappa shape index (κ2) is 4.95. The Morgan fingerprint density at radius 3 is 2.53 bits per heavy atom. The van der Waals surface area contributed by atoms with Gasteiger partial charge in [0.1, 0.15) is 5.75 Å². The van der Waals surface area contributed by atoms with Crippen LogP contribution in [0.4, 0.5) is 5.69 Å². The van der Waals surface area contributed by atoms with Crippen LogP contribution in [-0.2, 0) is 12.3 Å². The van der Waals surface area contributed by atoms with E-state index < -0.39 is 4.92 Å². The van der Waals surface area contributed by atoms with Crippen LogP contribution in [0.3, 0.4) is 0 Å². The standard InChI is InChI=1S/C9H11ClN2O3/c10-5-7-4-8(12(14)15)3-6(1-2-11)9(7)13/h3-4,13H,1-2,5,11H2. The largest absolute Gasteiger partial charge is 0.507 e. The fraction of sp³-hybridized carbons (Fsp3) is 0.333. The van der Waals surface area contributed by atoms with E-state index in [1.54, 1.807) is 0 Å². The number of alkyl halides is 1. The zero-order valence-corrected chi connectivity index (χ0v) is 8.70. The SMILES string of the molecule is NCCc1cc([N+](=O)[O-])cc(CCl)c1O. The Hall–Kier alpha value is -1.33. The summed E-state index contributed by atoms with van der Waals surface area (Å²) in [4.78, 5) is 10.1. The lowest BCUT2D eigenvalue weighted by Gasteiger charge is -2.07. The van der Waals surface area contributed by atoms with Crippen LogP contribution < -0.4 is 5.73 Å². The highest BCUT2D eigenvalue weighted by atomic mass is 35.5. The number of nitro groups is 1. The molecule has 6 heteroatoms. The molecule has 0 aromatic heterocycles. The van der Waals surface area contributed by atoms with E-state index >= 15 is 0 Å². The van der Waals surface area contributed by atoms with Crippen molar-refractivity contribution in [3.63, 3.8) is 0 Å². The van der Waals surface area contributed by atoms with E-state index in [1.807, 2.05) is 0 Å². The third-order valence-corrected chi connectivity index (χ3v) is 2.31. The minimum atomic E-state index is -0.518. The molecule has 3 N–H and O–H groups in total. The number of nitro benzene ring substituents is 1. The van der Waals surface area contributed by atoms with Crippen LogP contribution in [0, 0.1) is 10.1 Å². The third-order valence-electron chi connectivity index (χ3n) is 2.02. The average molecular weight is 231 g/mol. The number of benzene rings is 1. The third kappa shape index (κ3) is 2.57. The lowest BCUT2D eigenvalue weighted by Crippen LogP contribution is -2.04. The molecule has 0 amide bonds. The average Bonchev–Trinajstić information content (AvgIpc) is 2.21. The van der Waals surface area contributed by atoms with Gasteiger partial charge in [-0.2, -0.15) is 0 Å². The Labute approximate surface area is 91.6 Å². The van der Waals surface area contributed by atoms with Crippen molar-refractivity contribution in [2.24, 2.45) is 5.73 Å². The number of phenolic OH excluding ortho intramolecular Hbond substituents is 1. The Bertz CT molecular complexity index is 382. The van der Waals surface area contributed by atoms with Gasteiger partial charge in [0.25, 0.3) is 5.69 Å². The molecule has 0 aliphatic heterocycles. The van der Waals surface area contributed by atoms with Gasteiger partial charge in [-0.25, -0.2) is 0 Å². The smallest absolute Gasteiger partial charge is 0.270 e. The number of nitrogens with two attached hydrogens (primary N) is 1. The number of rotatable bonds is 4. The van der Waals surface area contributed by atoms with Crippen LogP contribution in [0.25, 0.3) is 0 Å². The summed E-state index contributed by atoms with van der Waals surface area (Å²) < 4.78 is 0. The maximum atomic E-state index is 10.6. The van der Waals surface area contributed by atoms with E-state index in [0.29, 0.717) is 24.1 Å². The molecule has 0 heterocycles. The van der Waals surface area contributed by atoms with Gasteiger partial charge >= 0.3 is 0 Å². The first-order valence-corrected chi connectivity index (χ1v) is 4.88. The van der Waals surface area contributed by atoms with Gasteiger partial charge in [0, 0.05) is 23.3 Å². The minimum Gasteiger partial charge on any atom is -0.507 e. The van der Waals surface area contributed by atoms with Crippen LogP contribution in [0.5, 0.6) is 5.75 Å². The Morgan fingerprint density at radius 1 is 1.47 bits per heavy atom. The normalized spacial score (nSPS) is 10.3. The predicted molar refractivity (Wildman–Crippen MR) is 57.1 cm³/mol. The van der Waals surface area contributed by atoms with E-state index in [9.17, 15) is 15.2 Å². The van der Waals surface area contributed by atoms with E-state index in [4.69, 9.17) is 17.3 Å². The number of halogens is 1. The highest BCUT2D eigenvalue weighted by molar-refractivity contribution is 6.17. The Morgan fingerprint density at radius 2 is 2.07 bits per heavy atom. The van der Waals surface area contributed by atoms with Crippen LogP contribution in [0.15, 0.2) is 12.1 Å². The van der Waals surface area contributed by atoms with Gasteiger partial charge in [-0.1, -0.05) is 0 Å². The van der Waals surface area contributed by atoms with Gasteiger partial charge < -0.3 is 10.8 Å². The van der Waals surface area contributed by atoms with E-state index in [2.05, 4.69) is 0 Å². The molecule has 0 saturated heterocycles. The van der Waals surface area contributed by atoms with Crippen molar-refractivity contribution in [1.82, 2.24) is 0 Å². The molecule has 0 saturated carbocycles. The van der Waals surface area contributed by atoms with Crippen molar-refractivity contribution in [2.45, 2.75) is 12.3 Å². The van der Waals surface area contributed by atoms with E-state index in [-0.39, 0.29) is 17.3 Å². The summed E-state index contributed by atoms with van der Waals surface area (Å²) in [6, 6.07) is 2.58. The first kappa shape index (κ1) is 11.7. The summed E-state index contributed by atoms with van der Waals surface area (Å²) in [5.74, 6) is 0.0338. The van der Waals surface area contributed by atoms with Crippen LogP contribution in [-0.4, -0.2) is 16.6 Å².